The van der Waals surface area contributed by atoms with Gasteiger partial charge in [0.15, 0.2) is 0 Å². The maximum atomic E-state index is 13.0. The average Bonchev–Trinajstić information content (AvgIpc) is 3.43. The van der Waals surface area contributed by atoms with Gasteiger partial charge in [-0.15, -0.1) is 5.10 Å². The van der Waals surface area contributed by atoms with Gasteiger partial charge in [0.05, 0.1) is 0 Å². The number of hydrogen-bond donors (Lipinski definition) is 1. The van der Waals surface area contributed by atoms with Crippen LogP contribution in [0.1, 0.15) is 18.0 Å². The number of rotatable bonds is 7. The van der Waals surface area contributed by atoms with Gasteiger partial charge in [0.1, 0.15) is 12.4 Å². The van der Waals surface area contributed by atoms with Crippen LogP contribution in [0, 0.1) is 5.92 Å². The van der Waals surface area contributed by atoms with Crippen molar-refractivity contribution in [3.63, 3.8) is 0 Å². The Morgan fingerprint density at radius 3 is 2.83 bits per heavy atom. The van der Waals surface area contributed by atoms with Crippen LogP contribution in [0.25, 0.3) is 0 Å². The Bertz CT molecular complexity index is 933. The number of carbonyl (C=O) groups is 1. The molecule has 3 aromatic rings. The van der Waals surface area contributed by atoms with Gasteiger partial charge in [-0.1, -0.05) is 52.3 Å². The van der Waals surface area contributed by atoms with E-state index in [1.54, 1.807) is 0 Å². The van der Waals surface area contributed by atoms with E-state index < -0.39 is 6.04 Å². The van der Waals surface area contributed by atoms with Crippen LogP contribution in [0.15, 0.2) is 65.4 Å². The largest absolute Gasteiger partial charge is 0.371 e. The number of halogens is 1. The Balaban J connectivity index is 1.36. The second kappa shape index (κ2) is 9.17. The quantitative estimate of drug-likeness (QED) is 0.593. The molecule has 2 atom stereocenters. The summed E-state index contributed by atoms with van der Waals surface area (Å²) < 4.78 is 2.61. The zero-order chi connectivity index (χ0) is 20.1. The third-order valence-electron chi connectivity index (χ3n) is 5.28. The number of amides is 1. The minimum Gasteiger partial charge on any atom is -0.371 e. The molecule has 1 N–H and O–H groups in total. The van der Waals surface area contributed by atoms with E-state index in [2.05, 4.69) is 59.9 Å². The van der Waals surface area contributed by atoms with E-state index >= 15 is 0 Å². The van der Waals surface area contributed by atoms with Crippen LogP contribution >= 0.6 is 15.9 Å². The molecule has 2 aromatic carbocycles. The maximum absolute atomic E-state index is 13.0. The highest BCUT2D eigenvalue weighted by molar-refractivity contribution is 9.10. The molecule has 0 saturated carbocycles. The molecule has 0 spiro atoms. The summed E-state index contributed by atoms with van der Waals surface area (Å²) in [5, 5.41) is 14.5. The first-order chi connectivity index (χ1) is 14.2. The molecular formula is C21H23BrN6O. The summed E-state index contributed by atoms with van der Waals surface area (Å²) in [5.41, 5.74) is 2.29. The molecule has 4 rings (SSSR count). The summed E-state index contributed by atoms with van der Waals surface area (Å²) in [5.74, 6) is 0.367. The van der Waals surface area contributed by atoms with Crippen molar-refractivity contribution < 1.29 is 4.79 Å². The molecule has 0 bridgehead atoms. The van der Waals surface area contributed by atoms with Crippen molar-refractivity contribution in [1.82, 2.24) is 25.5 Å². The molecule has 150 valence electrons. The van der Waals surface area contributed by atoms with Gasteiger partial charge in [0, 0.05) is 36.2 Å². The molecule has 1 fully saturated rings. The number of nitrogens with one attached hydrogen (secondary N) is 1. The Hall–Kier alpha value is -2.74. The lowest BCUT2D eigenvalue weighted by atomic mass is 10.0. The van der Waals surface area contributed by atoms with Gasteiger partial charge >= 0.3 is 0 Å². The van der Waals surface area contributed by atoms with E-state index in [4.69, 9.17) is 0 Å². The molecule has 0 aliphatic carbocycles. The second-order valence-electron chi connectivity index (χ2n) is 7.32. The van der Waals surface area contributed by atoms with Gasteiger partial charge in [-0.25, -0.2) is 4.68 Å². The fourth-order valence-corrected chi connectivity index (χ4v) is 4.11. The van der Waals surface area contributed by atoms with Crippen molar-refractivity contribution in [2.45, 2.75) is 18.9 Å². The lowest BCUT2D eigenvalue weighted by Crippen LogP contribution is -2.37. The number of aromatic nitrogens is 4. The summed E-state index contributed by atoms with van der Waals surface area (Å²) in [7, 11) is 0. The molecule has 29 heavy (non-hydrogen) atoms. The van der Waals surface area contributed by atoms with Crippen LogP contribution in [0.2, 0.25) is 0 Å². The molecule has 0 radical (unpaired) electrons. The van der Waals surface area contributed by atoms with Crippen molar-refractivity contribution in [2.24, 2.45) is 5.92 Å². The Kier molecular flexibility index (Phi) is 6.19. The number of hydrogen-bond acceptors (Lipinski definition) is 5. The van der Waals surface area contributed by atoms with Gasteiger partial charge in [0.25, 0.3) is 0 Å². The fraction of sp³-hybridized carbons (Fsp3) is 0.333. The van der Waals surface area contributed by atoms with E-state index in [-0.39, 0.29) is 5.91 Å². The zero-order valence-electron chi connectivity index (χ0n) is 16.0. The molecule has 2 heterocycles. The number of benzene rings is 2. The fourth-order valence-electron chi connectivity index (χ4n) is 3.72. The third kappa shape index (κ3) is 5.00. The molecular weight excluding hydrogens is 432 g/mol. The minimum atomic E-state index is -0.463. The van der Waals surface area contributed by atoms with Crippen LogP contribution in [-0.4, -0.2) is 45.7 Å². The average molecular weight is 455 g/mol. The Morgan fingerprint density at radius 1 is 1.21 bits per heavy atom. The summed E-state index contributed by atoms with van der Waals surface area (Å²) in [6, 6.07) is 17.8. The molecule has 1 aliphatic rings. The van der Waals surface area contributed by atoms with Crippen LogP contribution in [0.4, 0.5) is 5.69 Å². The molecule has 1 amide bonds. The van der Waals surface area contributed by atoms with E-state index in [9.17, 15) is 4.79 Å². The third-order valence-corrected chi connectivity index (χ3v) is 5.78. The van der Waals surface area contributed by atoms with Crippen molar-refractivity contribution in [3.8, 4) is 0 Å². The lowest BCUT2D eigenvalue weighted by Gasteiger charge is -2.20. The molecule has 7 nitrogen and oxygen atoms in total. The topological polar surface area (TPSA) is 75.9 Å². The van der Waals surface area contributed by atoms with Crippen molar-refractivity contribution in [1.29, 1.82) is 0 Å². The highest BCUT2D eigenvalue weighted by atomic mass is 79.9. The van der Waals surface area contributed by atoms with Crippen molar-refractivity contribution in [3.05, 3.63) is 71.0 Å². The Labute approximate surface area is 178 Å². The number of nitrogens with zero attached hydrogens (tertiary/aromatic N) is 5. The number of tetrazole rings is 1. The predicted octanol–water partition coefficient (Wildman–Crippen LogP) is 2.86. The first-order valence-electron chi connectivity index (χ1n) is 9.73. The zero-order valence-corrected chi connectivity index (χ0v) is 17.6. The number of carbonyl (C=O) groups excluding carboxylic acids is 1. The normalized spacial score (nSPS) is 17.3. The minimum absolute atomic E-state index is 0.0536. The molecule has 1 aliphatic heterocycles. The van der Waals surface area contributed by atoms with Gasteiger partial charge in [-0.2, -0.15) is 0 Å². The maximum Gasteiger partial charge on any atom is 0.245 e. The van der Waals surface area contributed by atoms with Gasteiger partial charge in [-0.05, 0) is 46.5 Å². The van der Waals surface area contributed by atoms with Crippen molar-refractivity contribution in [2.75, 3.05) is 24.5 Å². The summed E-state index contributed by atoms with van der Waals surface area (Å²) in [4.78, 5) is 15.3. The second-order valence-corrected chi connectivity index (χ2v) is 8.24. The van der Waals surface area contributed by atoms with Crippen LogP contribution in [0.5, 0.6) is 0 Å². The molecule has 8 heteroatoms. The predicted molar refractivity (Wildman–Crippen MR) is 114 cm³/mol. The summed E-state index contributed by atoms with van der Waals surface area (Å²) in [6.07, 6.45) is 3.10. The molecule has 1 saturated heterocycles. The van der Waals surface area contributed by atoms with Crippen LogP contribution in [0.3, 0.4) is 0 Å². The SMILES string of the molecule is O=C(NCC1CCN(c2cccc(Br)c2)C1)C(Cc1ccccc1)n1cnnn1. The summed E-state index contributed by atoms with van der Waals surface area (Å²) >= 11 is 3.53. The monoisotopic (exact) mass is 454 g/mol. The van der Waals surface area contributed by atoms with Crippen LogP contribution < -0.4 is 10.2 Å². The van der Waals surface area contributed by atoms with E-state index in [1.807, 2.05) is 36.4 Å². The van der Waals surface area contributed by atoms with Gasteiger partial charge in [-0.3, -0.25) is 4.79 Å². The highest BCUT2D eigenvalue weighted by Gasteiger charge is 2.26. The molecule has 1 aromatic heterocycles. The highest BCUT2D eigenvalue weighted by Crippen LogP contribution is 2.26. The van der Waals surface area contributed by atoms with Gasteiger partial charge in [0.2, 0.25) is 5.91 Å². The van der Waals surface area contributed by atoms with E-state index in [0.29, 0.717) is 18.9 Å². The first kappa shape index (κ1) is 19.6. The smallest absolute Gasteiger partial charge is 0.245 e. The van der Waals surface area contributed by atoms with E-state index in [0.717, 1.165) is 29.5 Å². The van der Waals surface area contributed by atoms with E-state index in [1.165, 1.54) is 16.7 Å². The molecule has 2 unspecified atom stereocenters. The number of anilines is 1. The first-order valence-corrected chi connectivity index (χ1v) is 10.5. The van der Waals surface area contributed by atoms with Gasteiger partial charge < -0.3 is 10.2 Å². The van der Waals surface area contributed by atoms with Crippen molar-refractivity contribution >= 4 is 27.5 Å². The standard InChI is InChI=1S/C21H23BrN6O/c22-18-7-4-8-19(12-18)27-10-9-17(14-27)13-23-21(29)20(28-15-24-25-26-28)11-16-5-2-1-3-6-16/h1-8,12,15,17,20H,9-11,13-14H2,(H,23,29). The lowest BCUT2D eigenvalue weighted by molar-refractivity contribution is -0.124. The summed E-state index contributed by atoms with van der Waals surface area (Å²) in [6.45, 7) is 2.58. The Morgan fingerprint density at radius 2 is 2.07 bits per heavy atom. The van der Waals surface area contributed by atoms with Crippen LogP contribution in [-0.2, 0) is 11.2 Å².